The second kappa shape index (κ2) is 7.83. The van der Waals surface area contributed by atoms with Gasteiger partial charge in [-0.05, 0) is 49.2 Å². The van der Waals surface area contributed by atoms with Gasteiger partial charge < -0.3 is 4.42 Å². The van der Waals surface area contributed by atoms with Crippen molar-refractivity contribution >= 4 is 22.7 Å². The van der Waals surface area contributed by atoms with Crippen LogP contribution in [-0.2, 0) is 5.75 Å². The lowest BCUT2D eigenvalue weighted by Crippen LogP contribution is -2.22. The van der Waals surface area contributed by atoms with Gasteiger partial charge in [-0.2, -0.15) is 0 Å². The summed E-state index contributed by atoms with van der Waals surface area (Å²) in [5, 5.41) is 9.39. The van der Waals surface area contributed by atoms with Gasteiger partial charge in [0.2, 0.25) is 11.8 Å². The summed E-state index contributed by atoms with van der Waals surface area (Å²) in [6.07, 6.45) is 0. The van der Waals surface area contributed by atoms with Gasteiger partial charge in [0.05, 0.1) is 22.3 Å². The van der Waals surface area contributed by atoms with Crippen LogP contribution in [0.3, 0.4) is 0 Å². The summed E-state index contributed by atoms with van der Waals surface area (Å²) in [5.41, 5.74) is 3.58. The number of hydrogen-bond acceptors (Lipinski definition) is 6. The molecule has 0 unspecified atom stereocenters. The molecule has 0 aliphatic carbocycles. The highest BCUT2D eigenvalue weighted by Gasteiger charge is 2.16. The summed E-state index contributed by atoms with van der Waals surface area (Å²) in [6.45, 7) is 8.06. The van der Waals surface area contributed by atoms with Gasteiger partial charge >= 0.3 is 0 Å². The summed E-state index contributed by atoms with van der Waals surface area (Å²) in [5.74, 6) is 1.75. The zero-order chi connectivity index (χ0) is 20.5. The van der Waals surface area contributed by atoms with Gasteiger partial charge in [0.25, 0.3) is 5.56 Å². The molecule has 0 spiro atoms. The average Bonchev–Trinajstić information content (AvgIpc) is 3.15. The van der Waals surface area contributed by atoms with Gasteiger partial charge in [0.15, 0.2) is 5.16 Å². The van der Waals surface area contributed by atoms with E-state index in [1.165, 1.54) is 11.8 Å². The fourth-order valence-electron chi connectivity index (χ4n) is 3.20. The van der Waals surface area contributed by atoms with Gasteiger partial charge in [0.1, 0.15) is 0 Å². The summed E-state index contributed by atoms with van der Waals surface area (Å²) >= 11 is 1.42. The lowest BCUT2D eigenvalue weighted by molar-refractivity contribution is 0.445. The predicted octanol–water partition coefficient (Wildman–Crippen LogP) is 4.80. The first kappa shape index (κ1) is 19.4. The molecule has 4 aromatic rings. The van der Waals surface area contributed by atoms with Crippen LogP contribution >= 0.6 is 11.8 Å². The molecular weight excluding hydrogens is 384 g/mol. The van der Waals surface area contributed by atoms with Crippen molar-refractivity contribution in [3.05, 3.63) is 75.7 Å². The normalized spacial score (nSPS) is 11.5. The van der Waals surface area contributed by atoms with Crippen LogP contribution in [0.4, 0.5) is 0 Å². The molecule has 0 amide bonds. The molecule has 0 fully saturated rings. The molecule has 29 heavy (non-hydrogen) atoms. The van der Waals surface area contributed by atoms with Crippen molar-refractivity contribution in [2.45, 2.75) is 44.5 Å². The number of rotatable bonds is 5. The fourth-order valence-corrected chi connectivity index (χ4v) is 4.05. The van der Waals surface area contributed by atoms with Crippen molar-refractivity contribution in [3.8, 4) is 5.69 Å². The number of nitrogens with zero attached hydrogens (tertiary/aromatic N) is 4. The van der Waals surface area contributed by atoms with E-state index in [1.807, 2.05) is 64.1 Å². The molecule has 0 N–H and O–H groups in total. The molecule has 6 nitrogen and oxygen atoms in total. The van der Waals surface area contributed by atoms with Crippen LogP contribution in [-0.4, -0.2) is 19.7 Å². The number of aromatic nitrogens is 4. The first-order chi connectivity index (χ1) is 13.9. The predicted molar refractivity (Wildman–Crippen MR) is 115 cm³/mol. The minimum atomic E-state index is -0.0866. The highest BCUT2D eigenvalue weighted by molar-refractivity contribution is 7.98. The van der Waals surface area contributed by atoms with E-state index in [0.29, 0.717) is 33.6 Å². The second-order valence-electron chi connectivity index (χ2n) is 7.38. The lowest BCUT2D eigenvalue weighted by Gasteiger charge is -2.14. The first-order valence-corrected chi connectivity index (χ1v) is 10.5. The molecule has 0 saturated carbocycles. The quantitative estimate of drug-likeness (QED) is 0.350. The summed E-state index contributed by atoms with van der Waals surface area (Å²) in [7, 11) is 0. The van der Waals surface area contributed by atoms with Crippen molar-refractivity contribution in [1.29, 1.82) is 0 Å². The van der Waals surface area contributed by atoms with Gasteiger partial charge in [-0.1, -0.05) is 43.8 Å². The number of aryl methyl sites for hydroxylation is 2. The molecule has 148 valence electrons. The summed E-state index contributed by atoms with van der Waals surface area (Å²) < 4.78 is 7.38. The fraction of sp³-hybridized carbons (Fsp3) is 0.273. The molecule has 0 aliphatic heterocycles. The van der Waals surface area contributed by atoms with Crippen LogP contribution in [0.25, 0.3) is 16.6 Å². The number of benzene rings is 2. The van der Waals surface area contributed by atoms with Crippen molar-refractivity contribution < 1.29 is 4.42 Å². The van der Waals surface area contributed by atoms with Crippen molar-refractivity contribution in [3.63, 3.8) is 0 Å². The number of thioether (sulfide) groups is 1. The van der Waals surface area contributed by atoms with Crippen LogP contribution in [0, 0.1) is 13.8 Å². The molecule has 0 aliphatic rings. The van der Waals surface area contributed by atoms with E-state index in [1.54, 1.807) is 4.57 Å². The Hall–Kier alpha value is -2.93. The molecule has 2 aromatic carbocycles. The van der Waals surface area contributed by atoms with E-state index < -0.39 is 0 Å². The number of fused-ring (bicyclic) bond motifs is 1. The van der Waals surface area contributed by atoms with E-state index in [0.717, 1.165) is 16.8 Å². The summed E-state index contributed by atoms with van der Waals surface area (Å²) in [6, 6.07) is 13.5. The van der Waals surface area contributed by atoms with Gasteiger partial charge in [0, 0.05) is 5.92 Å². The smallest absolute Gasteiger partial charge is 0.266 e. The van der Waals surface area contributed by atoms with Crippen LogP contribution in [0.5, 0.6) is 0 Å². The highest BCUT2D eigenvalue weighted by atomic mass is 32.2. The Morgan fingerprint density at radius 1 is 1.07 bits per heavy atom. The molecule has 2 heterocycles. The molecule has 0 bridgehead atoms. The Kier molecular flexibility index (Phi) is 5.24. The summed E-state index contributed by atoms with van der Waals surface area (Å²) in [4.78, 5) is 18.1. The third kappa shape index (κ3) is 3.96. The maximum Gasteiger partial charge on any atom is 0.266 e. The van der Waals surface area contributed by atoms with Crippen LogP contribution in [0.15, 0.2) is 56.8 Å². The lowest BCUT2D eigenvalue weighted by atomic mass is 10.1. The molecule has 0 atom stereocenters. The van der Waals surface area contributed by atoms with E-state index in [9.17, 15) is 4.79 Å². The molecule has 0 radical (unpaired) electrons. The Morgan fingerprint density at radius 2 is 1.79 bits per heavy atom. The number of para-hydroxylation sites is 1. The third-order valence-electron chi connectivity index (χ3n) is 4.51. The minimum Gasteiger partial charge on any atom is -0.424 e. The SMILES string of the molecule is Cc1cc(C)cc(-n2c(SCc3nnc(C(C)C)o3)nc3ccccc3c2=O)c1. The monoisotopic (exact) mass is 406 g/mol. The Bertz CT molecular complexity index is 1220. The third-order valence-corrected chi connectivity index (χ3v) is 5.43. The molecule has 7 heteroatoms. The largest absolute Gasteiger partial charge is 0.424 e. The molecule has 4 rings (SSSR count). The topological polar surface area (TPSA) is 73.8 Å². The Balaban J connectivity index is 1.81. The standard InChI is InChI=1S/C22H22N4O2S/c1-13(2)20-25-24-19(28-20)12-29-22-23-18-8-6-5-7-17(18)21(27)26(22)16-10-14(3)9-15(4)11-16/h5-11,13H,12H2,1-4H3. The zero-order valence-electron chi connectivity index (χ0n) is 16.8. The molecule has 0 saturated heterocycles. The Morgan fingerprint density at radius 3 is 2.48 bits per heavy atom. The highest BCUT2D eigenvalue weighted by Crippen LogP contribution is 2.26. The first-order valence-electron chi connectivity index (χ1n) is 9.48. The maximum absolute atomic E-state index is 13.3. The van der Waals surface area contributed by atoms with E-state index in [4.69, 9.17) is 9.40 Å². The van der Waals surface area contributed by atoms with E-state index in [2.05, 4.69) is 16.3 Å². The van der Waals surface area contributed by atoms with Crippen LogP contribution in [0.1, 0.15) is 42.7 Å². The second-order valence-corrected chi connectivity index (χ2v) is 8.32. The maximum atomic E-state index is 13.3. The number of hydrogen-bond donors (Lipinski definition) is 0. The van der Waals surface area contributed by atoms with Gasteiger partial charge in [-0.3, -0.25) is 9.36 Å². The van der Waals surface area contributed by atoms with Crippen molar-refractivity contribution in [2.24, 2.45) is 0 Å². The molecule has 2 aromatic heterocycles. The minimum absolute atomic E-state index is 0.0866. The van der Waals surface area contributed by atoms with E-state index >= 15 is 0 Å². The van der Waals surface area contributed by atoms with Gasteiger partial charge in [-0.25, -0.2) is 4.98 Å². The average molecular weight is 407 g/mol. The van der Waals surface area contributed by atoms with Crippen molar-refractivity contribution in [2.75, 3.05) is 0 Å². The van der Waals surface area contributed by atoms with Gasteiger partial charge in [-0.15, -0.1) is 10.2 Å². The van der Waals surface area contributed by atoms with E-state index in [-0.39, 0.29) is 11.5 Å². The zero-order valence-corrected chi connectivity index (χ0v) is 17.7. The van der Waals surface area contributed by atoms with Crippen LogP contribution in [0.2, 0.25) is 0 Å². The van der Waals surface area contributed by atoms with Crippen LogP contribution < -0.4 is 5.56 Å². The Labute approximate surface area is 173 Å². The molecular formula is C22H22N4O2S. The van der Waals surface area contributed by atoms with Crippen molar-refractivity contribution in [1.82, 2.24) is 19.7 Å².